The molecule has 3 heterocycles. The van der Waals surface area contributed by atoms with Crippen molar-refractivity contribution in [2.24, 2.45) is 5.92 Å². The van der Waals surface area contributed by atoms with Gasteiger partial charge >= 0.3 is 0 Å². The molecule has 0 radical (unpaired) electrons. The van der Waals surface area contributed by atoms with Gasteiger partial charge in [0.1, 0.15) is 11.4 Å². The molecule has 6 nitrogen and oxygen atoms in total. The lowest BCUT2D eigenvalue weighted by atomic mass is 9.99. The van der Waals surface area contributed by atoms with Crippen LogP contribution >= 0.6 is 0 Å². The molecule has 1 saturated heterocycles. The normalized spacial score (nSPS) is 17.0. The van der Waals surface area contributed by atoms with Crippen LogP contribution in [-0.2, 0) is 11.3 Å². The van der Waals surface area contributed by atoms with Crippen LogP contribution in [0.1, 0.15) is 10.5 Å². The Hall–Kier alpha value is -3.48. The number of allylic oxidation sites excluding steroid dienone is 4. The van der Waals surface area contributed by atoms with Gasteiger partial charge in [-0.1, -0.05) is 66.8 Å². The molecule has 1 aliphatic carbocycles. The smallest absolute Gasteiger partial charge is 0.216 e. The molecule has 6 rings (SSSR count). The van der Waals surface area contributed by atoms with E-state index in [9.17, 15) is 4.79 Å². The Labute approximate surface area is 192 Å². The number of benzene rings is 2. The molecule has 166 valence electrons. The van der Waals surface area contributed by atoms with E-state index in [4.69, 9.17) is 9.72 Å². The van der Waals surface area contributed by atoms with E-state index in [2.05, 4.69) is 32.1 Å². The first-order chi connectivity index (χ1) is 16.3. The van der Waals surface area contributed by atoms with E-state index in [1.807, 2.05) is 60.7 Å². The van der Waals surface area contributed by atoms with Crippen molar-refractivity contribution in [2.45, 2.75) is 6.54 Å². The Morgan fingerprint density at radius 2 is 1.61 bits per heavy atom. The van der Waals surface area contributed by atoms with Crippen LogP contribution in [0, 0.1) is 5.92 Å². The minimum absolute atomic E-state index is 0.0717. The van der Waals surface area contributed by atoms with Crippen LogP contribution in [0.3, 0.4) is 0 Å². The van der Waals surface area contributed by atoms with Crippen LogP contribution in [0.25, 0.3) is 28.1 Å². The van der Waals surface area contributed by atoms with E-state index in [1.165, 1.54) is 0 Å². The Morgan fingerprint density at radius 1 is 0.909 bits per heavy atom. The molecule has 4 aromatic rings. The number of Topliss-reactive ketones (excluding diaryl/α,β-unsaturated/α-hetero) is 1. The van der Waals surface area contributed by atoms with E-state index in [-0.39, 0.29) is 11.7 Å². The largest absolute Gasteiger partial charge is 0.379 e. The summed E-state index contributed by atoms with van der Waals surface area (Å²) in [5.74, 6) is 0.628. The number of carbonyl (C=O) groups is 1. The maximum Gasteiger partial charge on any atom is 0.216 e. The van der Waals surface area contributed by atoms with Crippen LogP contribution in [-0.4, -0.2) is 57.5 Å². The summed E-state index contributed by atoms with van der Waals surface area (Å²) in [4.78, 5) is 21.3. The summed E-state index contributed by atoms with van der Waals surface area (Å²) in [5, 5.41) is 0. The van der Waals surface area contributed by atoms with Gasteiger partial charge in [0.2, 0.25) is 5.78 Å². The van der Waals surface area contributed by atoms with Crippen LogP contribution in [0.15, 0.2) is 78.9 Å². The highest BCUT2D eigenvalue weighted by Gasteiger charge is 2.29. The number of hydrogen-bond donors (Lipinski definition) is 0. The fraction of sp³-hybridized carbons (Fsp3) is 0.259. The summed E-state index contributed by atoms with van der Waals surface area (Å²) in [6, 6.07) is 18.3. The summed E-state index contributed by atoms with van der Waals surface area (Å²) in [7, 11) is 0. The molecular weight excluding hydrogens is 412 g/mol. The van der Waals surface area contributed by atoms with Crippen molar-refractivity contribution < 1.29 is 9.53 Å². The molecule has 0 atom stereocenters. The van der Waals surface area contributed by atoms with Gasteiger partial charge in [-0.15, -0.1) is 0 Å². The molecule has 1 aliphatic heterocycles. The van der Waals surface area contributed by atoms with Crippen LogP contribution in [0.2, 0.25) is 0 Å². The molecular formula is C27H26N4O2. The Balaban J connectivity index is 1.54. The summed E-state index contributed by atoms with van der Waals surface area (Å²) in [6.45, 7) is 5.18. The quantitative estimate of drug-likeness (QED) is 0.423. The lowest BCUT2D eigenvalue weighted by molar-refractivity contribution is 0.0366. The molecule has 0 spiro atoms. The third-order valence-corrected chi connectivity index (χ3v) is 6.59. The topological polar surface area (TPSA) is 51.8 Å². The van der Waals surface area contributed by atoms with E-state index in [0.29, 0.717) is 5.69 Å². The maximum absolute atomic E-state index is 13.8. The molecule has 2 aromatic carbocycles. The van der Waals surface area contributed by atoms with Gasteiger partial charge in [-0.05, 0) is 12.1 Å². The van der Waals surface area contributed by atoms with Crippen molar-refractivity contribution in [2.75, 3.05) is 32.8 Å². The highest BCUT2D eigenvalue weighted by Crippen LogP contribution is 2.32. The number of ketones is 1. The molecule has 1 fully saturated rings. The lowest BCUT2D eigenvalue weighted by Crippen LogP contribution is -2.38. The summed E-state index contributed by atoms with van der Waals surface area (Å²) < 4.78 is 9.83. The summed E-state index contributed by atoms with van der Waals surface area (Å²) in [5.41, 5.74) is 4.46. The highest BCUT2D eigenvalue weighted by molar-refractivity contribution is 6.06. The predicted octanol–water partition coefficient (Wildman–Crippen LogP) is 4.21. The first-order valence-corrected chi connectivity index (χ1v) is 11.6. The van der Waals surface area contributed by atoms with Crippen molar-refractivity contribution in [3.05, 3.63) is 84.6 Å². The number of para-hydroxylation sites is 2. The van der Waals surface area contributed by atoms with E-state index >= 15 is 0 Å². The number of hydrogen-bond acceptors (Lipinski definition) is 4. The second-order valence-corrected chi connectivity index (χ2v) is 8.56. The number of fused-ring (bicyclic) bond motifs is 3. The zero-order chi connectivity index (χ0) is 22.2. The fourth-order valence-electron chi connectivity index (χ4n) is 4.88. The summed E-state index contributed by atoms with van der Waals surface area (Å²) >= 11 is 0. The second kappa shape index (κ2) is 8.46. The van der Waals surface area contributed by atoms with E-state index in [1.54, 1.807) is 0 Å². The minimum Gasteiger partial charge on any atom is -0.379 e. The van der Waals surface area contributed by atoms with Crippen LogP contribution < -0.4 is 0 Å². The van der Waals surface area contributed by atoms with Gasteiger partial charge in [-0.25, -0.2) is 4.98 Å². The number of nitrogens with zero attached hydrogens (tertiary/aromatic N) is 4. The SMILES string of the molecule is O=C(c1c(-c2ccccc2)nc2n(CCN3CCOCC3)c3ccccc3n12)C1C=CC=C1. The van der Waals surface area contributed by atoms with Gasteiger partial charge in [0.25, 0.3) is 0 Å². The number of aromatic nitrogens is 3. The maximum atomic E-state index is 13.8. The molecule has 6 heteroatoms. The van der Waals surface area contributed by atoms with Gasteiger partial charge in [0, 0.05) is 31.7 Å². The first kappa shape index (κ1) is 20.1. The molecule has 2 aliphatic rings. The van der Waals surface area contributed by atoms with Crippen LogP contribution in [0.4, 0.5) is 0 Å². The molecule has 0 saturated carbocycles. The third-order valence-electron chi connectivity index (χ3n) is 6.59. The monoisotopic (exact) mass is 438 g/mol. The number of rotatable bonds is 6. The molecule has 0 N–H and O–H groups in total. The molecule has 0 amide bonds. The van der Waals surface area contributed by atoms with E-state index < -0.39 is 0 Å². The van der Waals surface area contributed by atoms with Gasteiger partial charge in [-0.2, -0.15) is 0 Å². The fourth-order valence-corrected chi connectivity index (χ4v) is 4.88. The Bertz CT molecular complexity index is 1360. The number of imidazole rings is 2. The predicted molar refractivity (Wildman–Crippen MR) is 129 cm³/mol. The van der Waals surface area contributed by atoms with Crippen molar-refractivity contribution in [3.8, 4) is 11.3 Å². The number of morpholine rings is 1. The molecule has 2 aromatic heterocycles. The highest BCUT2D eigenvalue weighted by atomic mass is 16.5. The van der Waals surface area contributed by atoms with Gasteiger partial charge in [0.15, 0.2) is 5.78 Å². The second-order valence-electron chi connectivity index (χ2n) is 8.56. The Morgan fingerprint density at radius 3 is 2.36 bits per heavy atom. The first-order valence-electron chi connectivity index (χ1n) is 11.6. The van der Waals surface area contributed by atoms with E-state index in [0.717, 1.165) is 67.5 Å². The van der Waals surface area contributed by atoms with Crippen molar-refractivity contribution in [3.63, 3.8) is 0 Å². The molecule has 0 bridgehead atoms. The standard InChI is InChI=1S/C27H26N4O2/c32-26(21-10-4-5-11-21)25-24(20-8-2-1-3-9-20)28-27-30(15-14-29-16-18-33-19-17-29)22-12-6-7-13-23(22)31(25)27/h1-13,21H,14-19H2. The van der Waals surface area contributed by atoms with Crippen LogP contribution in [0.5, 0.6) is 0 Å². The minimum atomic E-state index is -0.261. The summed E-state index contributed by atoms with van der Waals surface area (Å²) in [6.07, 6.45) is 7.78. The van der Waals surface area contributed by atoms with Crippen molar-refractivity contribution in [1.29, 1.82) is 0 Å². The zero-order valence-corrected chi connectivity index (χ0v) is 18.4. The van der Waals surface area contributed by atoms with Crippen molar-refractivity contribution >= 4 is 22.6 Å². The molecule has 0 unspecified atom stereocenters. The Kier molecular flexibility index (Phi) is 5.17. The number of ether oxygens (including phenoxy) is 1. The molecule has 33 heavy (non-hydrogen) atoms. The van der Waals surface area contributed by atoms with Crippen molar-refractivity contribution in [1.82, 2.24) is 18.9 Å². The average Bonchev–Trinajstić information content (AvgIpc) is 3.60. The lowest BCUT2D eigenvalue weighted by Gasteiger charge is -2.26. The van der Waals surface area contributed by atoms with Gasteiger partial charge in [0.05, 0.1) is 30.2 Å². The number of carbonyl (C=O) groups excluding carboxylic acids is 1. The van der Waals surface area contributed by atoms with Gasteiger partial charge in [-0.3, -0.25) is 14.1 Å². The third kappa shape index (κ3) is 3.52. The zero-order valence-electron chi connectivity index (χ0n) is 18.4. The average molecular weight is 439 g/mol. The van der Waals surface area contributed by atoms with Gasteiger partial charge < -0.3 is 9.30 Å².